The van der Waals surface area contributed by atoms with Crippen molar-refractivity contribution in [3.05, 3.63) is 0 Å². The topological polar surface area (TPSA) is 86.2 Å². The highest BCUT2D eigenvalue weighted by Crippen LogP contribution is 2.59. The molecular formula is C22H44N2O2. The Kier molecular flexibility index (Phi) is 11.8. The van der Waals surface area contributed by atoms with E-state index in [1.165, 1.54) is 51.4 Å². The molecule has 4 N–H and O–H groups in total. The van der Waals surface area contributed by atoms with E-state index < -0.39 is 0 Å². The third kappa shape index (κ3) is 6.92. The second-order valence-electron chi connectivity index (χ2n) is 9.08. The molecule has 0 aromatic heterocycles. The highest BCUT2D eigenvalue weighted by atomic mass is 16.1. The van der Waals surface area contributed by atoms with E-state index in [0.717, 1.165) is 19.3 Å². The summed E-state index contributed by atoms with van der Waals surface area (Å²) in [5.74, 6) is 1.15. The number of rotatable bonds is 10. The molecule has 154 valence electrons. The van der Waals surface area contributed by atoms with Crippen molar-refractivity contribution in [2.45, 2.75) is 105 Å². The molecular weight excluding hydrogens is 324 g/mol. The minimum atomic E-state index is -0.268. The lowest BCUT2D eigenvalue weighted by molar-refractivity contribution is -0.146. The summed E-state index contributed by atoms with van der Waals surface area (Å²) in [6.07, 6.45) is 13.4. The summed E-state index contributed by atoms with van der Waals surface area (Å²) < 4.78 is 0. The second-order valence-corrected chi connectivity index (χ2v) is 9.08. The molecule has 0 heterocycles. The number of carbonyl (C=O) groups excluding carboxylic acids is 2. The molecule has 0 spiro atoms. The highest BCUT2D eigenvalue weighted by Gasteiger charge is 2.55. The van der Waals surface area contributed by atoms with Crippen LogP contribution < -0.4 is 11.5 Å². The van der Waals surface area contributed by atoms with Crippen molar-refractivity contribution in [1.29, 1.82) is 0 Å². The van der Waals surface area contributed by atoms with Gasteiger partial charge in [0.1, 0.15) is 0 Å². The average Bonchev–Trinajstić information content (AvgIpc) is 2.53. The quantitative estimate of drug-likeness (QED) is 0.411. The predicted octanol–water partition coefficient (Wildman–Crippen LogP) is 5.18. The zero-order chi connectivity index (χ0) is 20.2. The fourth-order valence-electron chi connectivity index (χ4n) is 5.33. The largest absolute Gasteiger partial charge is 0.372 e. The van der Waals surface area contributed by atoms with E-state index in [2.05, 4.69) is 40.4 Å². The van der Waals surface area contributed by atoms with Gasteiger partial charge in [-0.15, -0.1) is 0 Å². The van der Waals surface area contributed by atoms with E-state index in [0.29, 0.717) is 11.8 Å². The molecule has 0 bridgehead atoms. The maximum absolute atomic E-state index is 12.7. The molecule has 4 nitrogen and oxygen atoms in total. The van der Waals surface area contributed by atoms with Gasteiger partial charge in [0, 0.05) is 0 Å². The van der Waals surface area contributed by atoms with E-state index in [1.807, 2.05) is 0 Å². The van der Waals surface area contributed by atoms with Crippen molar-refractivity contribution in [3.8, 4) is 0 Å². The summed E-state index contributed by atoms with van der Waals surface area (Å²) in [4.78, 5) is 21.3. The first-order valence-corrected chi connectivity index (χ1v) is 10.7. The summed E-state index contributed by atoms with van der Waals surface area (Å²) in [5.41, 5.74) is 10.1. The molecule has 4 heteroatoms. The maximum Gasteiger partial charge on any atom is 0.224 e. The lowest BCUT2D eigenvalue weighted by Crippen LogP contribution is -2.54. The van der Waals surface area contributed by atoms with Crippen LogP contribution in [0, 0.1) is 22.7 Å². The first-order chi connectivity index (χ1) is 12.2. The van der Waals surface area contributed by atoms with E-state index in [-0.39, 0.29) is 23.1 Å². The lowest BCUT2D eigenvalue weighted by atomic mass is 9.49. The Morgan fingerprint density at radius 2 is 1.54 bits per heavy atom. The Hall–Kier alpha value is -1.06. The Labute approximate surface area is 161 Å². The minimum absolute atomic E-state index is 0.0120. The van der Waals surface area contributed by atoms with Gasteiger partial charge in [0.2, 0.25) is 12.3 Å². The molecule has 26 heavy (non-hydrogen) atoms. The third-order valence-corrected chi connectivity index (χ3v) is 6.06. The first-order valence-electron chi connectivity index (χ1n) is 10.7. The van der Waals surface area contributed by atoms with Crippen LogP contribution in [0.1, 0.15) is 105 Å². The zero-order valence-corrected chi connectivity index (χ0v) is 18.0. The lowest BCUT2D eigenvalue weighted by Gasteiger charge is -2.54. The van der Waals surface area contributed by atoms with Gasteiger partial charge >= 0.3 is 0 Å². The number of unbranched alkanes of at least 4 members (excludes halogenated alkanes) is 3. The summed E-state index contributed by atoms with van der Waals surface area (Å²) in [6.45, 7) is 11.4. The normalized spacial score (nSPS) is 25.7. The number of carbonyl (C=O) groups is 2. The number of nitrogens with two attached hydrogens (primary N) is 2. The standard InChI is InChI=1S/C21H41NO.CH3NO/c1-6-7-8-9-12-20(15-17(2)3)13-10-11-14-21(20,19(22)23)16-18(4)5;2-1-3/h17-18H,6-16H2,1-5H3,(H2,22,23);1H,(H2,2,3). The molecule has 0 aromatic rings. The van der Waals surface area contributed by atoms with E-state index in [9.17, 15) is 4.79 Å². The van der Waals surface area contributed by atoms with Crippen molar-refractivity contribution >= 4 is 12.3 Å². The first kappa shape index (κ1) is 24.9. The molecule has 0 saturated heterocycles. The molecule has 2 unspecified atom stereocenters. The Morgan fingerprint density at radius 1 is 1.00 bits per heavy atom. The molecule has 0 aliphatic heterocycles. The number of hydrogen-bond donors (Lipinski definition) is 2. The average molecular weight is 369 g/mol. The molecule has 1 saturated carbocycles. The number of primary amides is 2. The van der Waals surface area contributed by atoms with Gasteiger partial charge in [-0.1, -0.05) is 73.1 Å². The van der Waals surface area contributed by atoms with Crippen LogP contribution in [0.15, 0.2) is 0 Å². The molecule has 2 amide bonds. The number of hydrogen-bond acceptors (Lipinski definition) is 2. The van der Waals surface area contributed by atoms with Gasteiger partial charge in [-0.2, -0.15) is 0 Å². The van der Waals surface area contributed by atoms with Crippen LogP contribution in [-0.2, 0) is 9.59 Å². The molecule has 1 aliphatic carbocycles. The van der Waals surface area contributed by atoms with Gasteiger partial charge in [-0.3, -0.25) is 9.59 Å². The molecule has 1 fully saturated rings. The van der Waals surface area contributed by atoms with Crippen molar-refractivity contribution < 1.29 is 9.59 Å². The van der Waals surface area contributed by atoms with Crippen LogP contribution in [0.3, 0.4) is 0 Å². The van der Waals surface area contributed by atoms with E-state index in [4.69, 9.17) is 10.5 Å². The Balaban J connectivity index is 0.00000194. The van der Waals surface area contributed by atoms with Crippen LogP contribution in [-0.4, -0.2) is 12.3 Å². The van der Waals surface area contributed by atoms with E-state index >= 15 is 0 Å². The molecule has 0 aromatic carbocycles. The molecule has 0 radical (unpaired) electrons. The second kappa shape index (κ2) is 12.3. The van der Waals surface area contributed by atoms with Crippen LogP contribution >= 0.6 is 0 Å². The van der Waals surface area contributed by atoms with Gasteiger partial charge in [0.25, 0.3) is 0 Å². The summed E-state index contributed by atoms with van der Waals surface area (Å²) in [7, 11) is 0. The molecule has 2 atom stereocenters. The van der Waals surface area contributed by atoms with Crippen molar-refractivity contribution in [2.75, 3.05) is 0 Å². The highest BCUT2D eigenvalue weighted by molar-refractivity contribution is 5.82. The van der Waals surface area contributed by atoms with Gasteiger partial charge in [-0.25, -0.2) is 0 Å². The van der Waals surface area contributed by atoms with Crippen LogP contribution in [0.25, 0.3) is 0 Å². The Bertz CT molecular complexity index is 409. The zero-order valence-electron chi connectivity index (χ0n) is 18.0. The van der Waals surface area contributed by atoms with Gasteiger partial charge in [-0.05, 0) is 49.4 Å². The van der Waals surface area contributed by atoms with Gasteiger partial charge in [0.15, 0.2) is 0 Å². The summed E-state index contributed by atoms with van der Waals surface area (Å²) in [6, 6.07) is 0. The van der Waals surface area contributed by atoms with E-state index in [1.54, 1.807) is 0 Å². The summed E-state index contributed by atoms with van der Waals surface area (Å²) in [5, 5.41) is 0. The van der Waals surface area contributed by atoms with Crippen LogP contribution in [0.5, 0.6) is 0 Å². The fourth-order valence-corrected chi connectivity index (χ4v) is 5.33. The third-order valence-electron chi connectivity index (χ3n) is 6.06. The Morgan fingerprint density at radius 3 is 2.00 bits per heavy atom. The van der Waals surface area contributed by atoms with Crippen molar-refractivity contribution in [3.63, 3.8) is 0 Å². The van der Waals surface area contributed by atoms with Crippen molar-refractivity contribution in [1.82, 2.24) is 0 Å². The van der Waals surface area contributed by atoms with Crippen LogP contribution in [0.4, 0.5) is 0 Å². The molecule has 1 aliphatic rings. The smallest absolute Gasteiger partial charge is 0.224 e. The fraction of sp³-hybridized carbons (Fsp3) is 0.909. The maximum atomic E-state index is 12.7. The number of amides is 2. The minimum Gasteiger partial charge on any atom is -0.372 e. The van der Waals surface area contributed by atoms with Crippen molar-refractivity contribution in [2.24, 2.45) is 34.1 Å². The van der Waals surface area contributed by atoms with Gasteiger partial charge in [0.05, 0.1) is 5.41 Å². The predicted molar refractivity (Wildman–Crippen MR) is 110 cm³/mol. The SMILES string of the molecule is CCCCCCC1(CC(C)C)CCCCC1(CC(C)C)C(N)=O.NC=O. The summed E-state index contributed by atoms with van der Waals surface area (Å²) >= 11 is 0. The van der Waals surface area contributed by atoms with Crippen LogP contribution in [0.2, 0.25) is 0 Å². The molecule has 1 rings (SSSR count). The van der Waals surface area contributed by atoms with Gasteiger partial charge < -0.3 is 11.5 Å². The monoisotopic (exact) mass is 368 g/mol.